The molecule has 7 nitrogen and oxygen atoms in total. The third-order valence-electron chi connectivity index (χ3n) is 6.41. The summed E-state index contributed by atoms with van der Waals surface area (Å²) in [5.41, 5.74) is 1.44. The first-order valence-electron chi connectivity index (χ1n) is 11.4. The van der Waals surface area contributed by atoms with E-state index in [4.69, 9.17) is 32.7 Å². The van der Waals surface area contributed by atoms with Crippen molar-refractivity contribution in [1.82, 2.24) is 9.47 Å². The van der Waals surface area contributed by atoms with Gasteiger partial charge in [-0.15, -0.1) is 0 Å². The summed E-state index contributed by atoms with van der Waals surface area (Å²) in [6, 6.07) is 9.67. The molecular formula is C26H26Cl2FN3O4. The molecule has 1 N–H and O–H groups in total. The minimum atomic E-state index is -0.454. The number of carbonyl (C=O) groups is 1. The molecule has 1 aliphatic rings. The first-order valence-corrected chi connectivity index (χ1v) is 12.1. The van der Waals surface area contributed by atoms with Crippen LogP contribution in [0.3, 0.4) is 0 Å². The highest BCUT2D eigenvalue weighted by molar-refractivity contribution is 6.34. The Morgan fingerprint density at radius 1 is 1.06 bits per heavy atom. The molecule has 2 heterocycles. The molecule has 0 spiro atoms. The maximum absolute atomic E-state index is 13.6. The number of benzene rings is 2. The summed E-state index contributed by atoms with van der Waals surface area (Å²) in [4.78, 5) is 28.0. The lowest BCUT2D eigenvalue weighted by molar-refractivity contribution is 0.0713. The predicted octanol–water partition coefficient (Wildman–Crippen LogP) is 5.61. The number of amides is 1. The van der Waals surface area contributed by atoms with Crippen molar-refractivity contribution in [3.8, 4) is 11.5 Å². The third-order valence-corrected chi connectivity index (χ3v) is 7.05. The molecule has 3 aromatic rings. The van der Waals surface area contributed by atoms with Crippen molar-refractivity contribution in [2.45, 2.75) is 18.8 Å². The number of ether oxygens (including phenoxy) is 2. The Bertz CT molecular complexity index is 1340. The van der Waals surface area contributed by atoms with Crippen LogP contribution in [0.1, 0.15) is 34.7 Å². The monoisotopic (exact) mass is 533 g/mol. The van der Waals surface area contributed by atoms with Crippen molar-refractivity contribution in [2.75, 3.05) is 32.6 Å². The number of nitrogens with one attached hydrogen (secondary N) is 1. The lowest BCUT2D eigenvalue weighted by atomic mass is 9.89. The summed E-state index contributed by atoms with van der Waals surface area (Å²) >= 11 is 12.8. The Hall–Kier alpha value is -3.23. The van der Waals surface area contributed by atoms with E-state index in [1.54, 1.807) is 36.2 Å². The Morgan fingerprint density at radius 3 is 2.31 bits per heavy atom. The van der Waals surface area contributed by atoms with Gasteiger partial charge in [0.05, 0.1) is 36.2 Å². The van der Waals surface area contributed by atoms with E-state index >= 15 is 0 Å². The molecule has 190 valence electrons. The van der Waals surface area contributed by atoms with Gasteiger partial charge in [0.2, 0.25) is 0 Å². The molecular weight excluding hydrogens is 508 g/mol. The molecule has 0 saturated carbocycles. The second-order valence-corrected chi connectivity index (χ2v) is 9.36. The largest absolute Gasteiger partial charge is 0.495 e. The van der Waals surface area contributed by atoms with E-state index in [1.807, 2.05) is 0 Å². The van der Waals surface area contributed by atoms with Gasteiger partial charge >= 0.3 is 0 Å². The molecule has 1 aromatic heterocycles. The number of aryl methyl sites for hydroxylation is 1. The van der Waals surface area contributed by atoms with E-state index in [1.165, 1.54) is 37.1 Å². The zero-order chi connectivity index (χ0) is 26.0. The van der Waals surface area contributed by atoms with Crippen LogP contribution in [0.5, 0.6) is 11.5 Å². The van der Waals surface area contributed by atoms with Crippen molar-refractivity contribution in [3.05, 3.63) is 79.9 Å². The van der Waals surface area contributed by atoms with Gasteiger partial charge in [0.25, 0.3) is 11.5 Å². The van der Waals surface area contributed by atoms with Crippen LogP contribution in [0, 0.1) is 5.82 Å². The number of piperidine rings is 1. The van der Waals surface area contributed by atoms with Crippen LogP contribution in [0.4, 0.5) is 15.8 Å². The van der Waals surface area contributed by atoms with Crippen LogP contribution in [0.2, 0.25) is 10.0 Å². The number of aromatic nitrogens is 1. The average molecular weight is 534 g/mol. The first-order chi connectivity index (χ1) is 17.2. The van der Waals surface area contributed by atoms with Crippen molar-refractivity contribution in [1.29, 1.82) is 0 Å². The van der Waals surface area contributed by atoms with Gasteiger partial charge in [-0.05, 0) is 42.5 Å². The van der Waals surface area contributed by atoms with E-state index < -0.39 is 5.56 Å². The number of methoxy groups -OCH3 is 2. The van der Waals surface area contributed by atoms with Crippen LogP contribution < -0.4 is 20.3 Å². The van der Waals surface area contributed by atoms with Gasteiger partial charge < -0.3 is 24.3 Å². The van der Waals surface area contributed by atoms with E-state index in [9.17, 15) is 14.0 Å². The molecule has 4 rings (SSSR count). The summed E-state index contributed by atoms with van der Waals surface area (Å²) in [6.07, 6.45) is 2.95. The Balaban J connectivity index is 1.63. The highest BCUT2D eigenvalue weighted by atomic mass is 35.5. The fourth-order valence-electron chi connectivity index (χ4n) is 4.39. The number of hydrogen-bond donors (Lipinski definition) is 1. The molecule has 1 aliphatic heterocycles. The number of halogens is 3. The highest BCUT2D eigenvalue weighted by Crippen LogP contribution is 2.39. The molecule has 2 aromatic carbocycles. The summed E-state index contributed by atoms with van der Waals surface area (Å²) < 4.78 is 25.3. The van der Waals surface area contributed by atoms with E-state index in [2.05, 4.69) is 5.32 Å². The second kappa shape index (κ2) is 10.8. The van der Waals surface area contributed by atoms with Gasteiger partial charge in [0.1, 0.15) is 22.3 Å². The number of carbonyl (C=O) groups excluding carboxylic acids is 1. The minimum Gasteiger partial charge on any atom is -0.495 e. The van der Waals surface area contributed by atoms with E-state index in [0.717, 1.165) is 18.4 Å². The van der Waals surface area contributed by atoms with Crippen molar-refractivity contribution in [2.24, 2.45) is 7.05 Å². The van der Waals surface area contributed by atoms with Gasteiger partial charge in [-0.2, -0.15) is 0 Å². The van der Waals surface area contributed by atoms with Crippen molar-refractivity contribution in [3.63, 3.8) is 0 Å². The van der Waals surface area contributed by atoms with Gasteiger partial charge in [0, 0.05) is 32.4 Å². The SMILES string of the molecule is COc1cc(OC)c(Nc2c(C(=O)N3CCC(c4ccc(F)cc4)CC3)cn(C)c(=O)c2Cl)cc1Cl. The molecule has 1 amide bonds. The third kappa shape index (κ3) is 5.15. The lowest BCUT2D eigenvalue weighted by Crippen LogP contribution is -2.39. The fraction of sp³-hybridized carbons (Fsp3) is 0.308. The average Bonchev–Trinajstić information content (AvgIpc) is 2.89. The zero-order valence-electron chi connectivity index (χ0n) is 20.1. The first kappa shape index (κ1) is 25.9. The molecule has 0 radical (unpaired) electrons. The topological polar surface area (TPSA) is 72.8 Å². The van der Waals surface area contributed by atoms with Gasteiger partial charge in [-0.3, -0.25) is 9.59 Å². The molecule has 1 fully saturated rings. The standard InChI is InChI=1S/C26H26Cl2FN3O4/c1-31-14-18(25(33)32-10-8-16(9-11-32)15-4-6-17(29)7-5-15)24(23(28)26(31)34)30-20-12-19(27)21(35-2)13-22(20)36-3/h4-7,12-14,16,30H,8-11H2,1-3H3. The van der Waals surface area contributed by atoms with Crippen molar-refractivity contribution >= 4 is 40.5 Å². The second-order valence-electron chi connectivity index (χ2n) is 8.58. The zero-order valence-corrected chi connectivity index (χ0v) is 21.6. The van der Waals surface area contributed by atoms with E-state index in [-0.39, 0.29) is 33.9 Å². The minimum absolute atomic E-state index is 0.126. The molecule has 1 saturated heterocycles. The van der Waals surface area contributed by atoms with Crippen LogP contribution in [-0.2, 0) is 7.05 Å². The van der Waals surface area contributed by atoms with Gasteiger partial charge in [0.15, 0.2) is 0 Å². The maximum Gasteiger partial charge on any atom is 0.271 e. The molecule has 0 unspecified atom stereocenters. The maximum atomic E-state index is 13.6. The van der Waals surface area contributed by atoms with Gasteiger partial charge in [-0.25, -0.2) is 4.39 Å². The number of anilines is 2. The number of likely N-dealkylation sites (tertiary alicyclic amines) is 1. The van der Waals surface area contributed by atoms with Crippen molar-refractivity contribution < 1.29 is 18.7 Å². The van der Waals surface area contributed by atoms with Crippen LogP contribution in [0.15, 0.2) is 47.4 Å². The summed E-state index contributed by atoms with van der Waals surface area (Å²) in [6.45, 7) is 1.02. The van der Waals surface area contributed by atoms with E-state index in [0.29, 0.717) is 35.3 Å². The quantitative estimate of drug-likeness (QED) is 0.445. The Morgan fingerprint density at radius 2 is 1.69 bits per heavy atom. The summed E-state index contributed by atoms with van der Waals surface area (Å²) in [7, 11) is 4.51. The summed E-state index contributed by atoms with van der Waals surface area (Å²) in [5.74, 6) is 0.515. The smallest absolute Gasteiger partial charge is 0.271 e. The molecule has 10 heteroatoms. The number of rotatable bonds is 6. The molecule has 0 bridgehead atoms. The highest BCUT2D eigenvalue weighted by Gasteiger charge is 2.28. The molecule has 0 aliphatic carbocycles. The summed E-state index contributed by atoms with van der Waals surface area (Å²) in [5, 5.41) is 3.28. The van der Waals surface area contributed by atoms with Gasteiger partial charge in [-0.1, -0.05) is 35.3 Å². The number of hydrogen-bond acceptors (Lipinski definition) is 5. The Kier molecular flexibility index (Phi) is 7.76. The van der Waals surface area contributed by atoms with Crippen LogP contribution >= 0.6 is 23.2 Å². The van der Waals surface area contributed by atoms with Crippen LogP contribution in [-0.4, -0.2) is 42.7 Å². The number of pyridine rings is 1. The normalized spacial score (nSPS) is 14.0. The molecule has 36 heavy (non-hydrogen) atoms. The fourth-order valence-corrected chi connectivity index (χ4v) is 4.92. The predicted molar refractivity (Wildman–Crippen MR) is 139 cm³/mol. The molecule has 0 atom stereocenters. The van der Waals surface area contributed by atoms with Crippen LogP contribution in [0.25, 0.3) is 0 Å². The Labute approximate surface area is 218 Å². The lowest BCUT2D eigenvalue weighted by Gasteiger charge is -2.33. The number of nitrogens with zero attached hydrogens (tertiary/aromatic N) is 2.